The van der Waals surface area contributed by atoms with Crippen molar-refractivity contribution in [1.82, 2.24) is 14.7 Å². The summed E-state index contributed by atoms with van der Waals surface area (Å²) < 4.78 is 69.9. The summed E-state index contributed by atoms with van der Waals surface area (Å²) in [7, 11) is -4.36. The molecule has 4 rings (SSSR count). The van der Waals surface area contributed by atoms with Crippen LogP contribution in [0.15, 0.2) is 59.6 Å². The number of hydrogen-bond donors (Lipinski definition) is 2. The first-order chi connectivity index (χ1) is 17.7. The molecule has 1 aliphatic rings. The van der Waals surface area contributed by atoms with Gasteiger partial charge >= 0.3 is 6.36 Å². The van der Waals surface area contributed by atoms with Crippen LogP contribution in [0.4, 0.5) is 24.8 Å². The number of aromatic nitrogens is 2. The second kappa shape index (κ2) is 9.78. The highest BCUT2D eigenvalue weighted by molar-refractivity contribution is 7.90. The lowest BCUT2D eigenvalue weighted by atomic mass is 9.90. The van der Waals surface area contributed by atoms with E-state index in [0.717, 1.165) is 6.42 Å². The maximum atomic E-state index is 13.3. The van der Waals surface area contributed by atoms with Gasteiger partial charge in [0.15, 0.2) is 5.03 Å². The van der Waals surface area contributed by atoms with Crippen LogP contribution in [0.1, 0.15) is 37.6 Å². The number of nitrogens with zero attached hydrogens (tertiary/aromatic N) is 3. The molecule has 0 radical (unpaired) electrons. The summed E-state index contributed by atoms with van der Waals surface area (Å²) in [6.45, 7) is 6.54. The number of sulfonamides is 1. The molecule has 202 valence electrons. The smallest absolute Gasteiger partial charge is 0.406 e. The molecule has 0 aliphatic carbocycles. The number of carbonyl (C=O) groups is 1. The average Bonchev–Trinajstić information content (AvgIpc) is 3.09. The standard InChI is InChI=1S/C25H26F3N5O4S/c1-15-12-13-33(24(15,2)3)22-18(23(34)32-38(35,36)21-9-5-8-20(29)31-21)10-11-19(30-22)16-6-4-7-17(14-16)37-25(26,27)28/h4-11,14-15H,12-13H2,1-3H3,(H2,29,31)(H,32,34). The van der Waals surface area contributed by atoms with Gasteiger partial charge in [-0.3, -0.25) is 4.79 Å². The third kappa shape index (κ3) is 5.67. The number of anilines is 2. The first-order valence-electron chi connectivity index (χ1n) is 11.6. The van der Waals surface area contributed by atoms with Crippen molar-refractivity contribution in [2.45, 2.75) is 44.1 Å². The van der Waals surface area contributed by atoms with E-state index >= 15 is 0 Å². The Kier molecular flexibility index (Phi) is 6.99. The van der Waals surface area contributed by atoms with Crippen molar-refractivity contribution >= 4 is 27.6 Å². The summed E-state index contributed by atoms with van der Waals surface area (Å²) in [4.78, 5) is 23.6. The lowest BCUT2D eigenvalue weighted by Crippen LogP contribution is -2.43. The highest BCUT2D eigenvalue weighted by Crippen LogP contribution is 2.39. The zero-order valence-electron chi connectivity index (χ0n) is 20.8. The van der Waals surface area contributed by atoms with Gasteiger partial charge in [0, 0.05) is 17.6 Å². The van der Waals surface area contributed by atoms with Crippen LogP contribution in [0, 0.1) is 5.92 Å². The van der Waals surface area contributed by atoms with E-state index < -0.39 is 38.6 Å². The molecule has 0 spiro atoms. The van der Waals surface area contributed by atoms with E-state index in [0.29, 0.717) is 12.1 Å². The van der Waals surface area contributed by atoms with Crippen molar-refractivity contribution in [1.29, 1.82) is 0 Å². The second-order valence-corrected chi connectivity index (χ2v) is 11.1. The number of amides is 1. The summed E-state index contributed by atoms with van der Waals surface area (Å²) in [5, 5.41) is -0.423. The lowest BCUT2D eigenvalue weighted by Gasteiger charge is -2.36. The molecule has 3 heterocycles. The summed E-state index contributed by atoms with van der Waals surface area (Å²) in [5.41, 5.74) is 5.72. The van der Waals surface area contributed by atoms with E-state index in [4.69, 9.17) is 5.73 Å². The van der Waals surface area contributed by atoms with Crippen LogP contribution in [0.5, 0.6) is 5.75 Å². The van der Waals surface area contributed by atoms with Crippen molar-refractivity contribution in [3.05, 3.63) is 60.2 Å². The Bertz CT molecular complexity index is 1480. The molecular weight excluding hydrogens is 523 g/mol. The molecule has 1 atom stereocenters. The highest BCUT2D eigenvalue weighted by Gasteiger charge is 2.41. The fraction of sp³-hybridized carbons (Fsp3) is 0.320. The quantitative estimate of drug-likeness (QED) is 0.464. The van der Waals surface area contributed by atoms with Gasteiger partial charge in [0.2, 0.25) is 0 Å². The van der Waals surface area contributed by atoms with E-state index in [1.807, 2.05) is 23.5 Å². The number of benzene rings is 1. The summed E-state index contributed by atoms with van der Waals surface area (Å²) in [6, 6.07) is 12.1. The molecule has 1 aliphatic heterocycles. The van der Waals surface area contributed by atoms with Gasteiger partial charge in [0.25, 0.3) is 15.9 Å². The second-order valence-electron chi connectivity index (χ2n) is 9.47. The largest absolute Gasteiger partial charge is 0.573 e. The highest BCUT2D eigenvalue weighted by atomic mass is 32.2. The van der Waals surface area contributed by atoms with Crippen LogP contribution >= 0.6 is 0 Å². The molecule has 3 N–H and O–H groups in total. The van der Waals surface area contributed by atoms with Gasteiger partial charge in [-0.05, 0) is 62.6 Å². The summed E-state index contributed by atoms with van der Waals surface area (Å²) in [6.07, 6.45) is -4.07. The molecule has 3 aromatic rings. The molecule has 0 saturated carbocycles. The Hall–Kier alpha value is -3.87. The van der Waals surface area contributed by atoms with Gasteiger partial charge in [-0.15, -0.1) is 13.2 Å². The Morgan fingerprint density at radius 1 is 1.13 bits per heavy atom. The monoisotopic (exact) mass is 549 g/mol. The Morgan fingerprint density at radius 2 is 1.84 bits per heavy atom. The van der Waals surface area contributed by atoms with Gasteiger partial charge < -0.3 is 15.4 Å². The SMILES string of the molecule is CC1CCN(c2nc(-c3cccc(OC(F)(F)F)c3)ccc2C(=O)NS(=O)(=O)c2cccc(N)n2)C1(C)C. The predicted octanol–water partition coefficient (Wildman–Crippen LogP) is 4.37. The maximum Gasteiger partial charge on any atom is 0.573 e. The van der Waals surface area contributed by atoms with Gasteiger partial charge in [0.1, 0.15) is 17.4 Å². The summed E-state index contributed by atoms with van der Waals surface area (Å²) >= 11 is 0. The van der Waals surface area contributed by atoms with E-state index in [2.05, 4.69) is 21.6 Å². The topological polar surface area (TPSA) is 128 Å². The molecule has 1 unspecified atom stereocenters. The molecule has 1 amide bonds. The molecule has 0 bridgehead atoms. The molecule has 38 heavy (non-hydrogen) atoms. The van der Waals surface area contributed by atoms with E-state index in [1.54, 1.807) is 6.07 Å². The number of ether oxygens (including phenoxy) is 1. The van der Waals surface area contributed by atoms with Gasteiger partial charge in [-0.1, -0.05) is 25.1 Å². The fourth-order valence-corrected chi connectivity index (χ4v) is 5.21. The average molecular weight is 550 g/mol. The summed E-state index contributed by atoms with van der Waals surface area (Å²) in [5.74, 6) is -0.972. The fourth-order valence-electron chi connectivity index (χ4n) is 4.26. The van der Waals surface area contributed by atoms with Crippen LogP contribution in [-0.2, 0) is 10.0 Å². The third-order valence-electron chi connectivity index (χ3n) is 6.67. The van der Waals surface area contributed by atoms with Crippen molar-refractivity contribution < 1.29 is 31.1 Å². The number of alkyl halides is 3. The van der Waals surface area contributed by atoms with Crippen LogP contribution in [0.25, 0.3) is 11.3 Å². The first-order valence-corrected chi connectivity index (χ1v) is 13.1. The van der Waals surface area contributed by atoms with Crippen LogP contribution in [-0.4, -0.2) is 42.7 Å². The van der Waals surface area contributed by atoms with Crippen molar-refractivity contribution in [3.8, 4) is 17.0 Å². The molecule has 9 nitrogen and oxygen atoms in total. The first kappa shape index (κ1) is 27.2. The molecular formula is C25H26F3N5O4S. The van der Waals surface area contributed by atoms with Crippen LogP contribution in [0.2, 0.25) is 0 Å². The zero-order valence-corrected chi connectivity index (χ0v) is 21.6. The number of hydrogen-bond acceptors (Lipinski definition) is 8. The van der Waals surface area contributed by atoms with Crippen molar-refractivity contribution in [2.75, 3.05) is 17.2 Å². The minimum Gasteiger partial charge on any atom is -0.406 e. The Balaban J connectivity index is 1.76. The third-order valence-corrected chi connectivity index (χ3v) is 7.91. The molecule has 13 heteroatoms. The van der Waals surface area contributed by atoms with E-state index in [1.165, 1.54) is 48.5 Å². The number of carbonyl (C=O) groups excluding carboxylic acids is 1. The molecule has 1 aromatic carbocycles. The minimum atomic E-state index is -4.86. The van der Waals surface area contributed by atoms with E-state index in [-0.39, 0.29) is 28.8 Å². The number of rotatable bonds is 6. The number of pyridine rings is 2. The Labute approximate surface area is 217 Å². The lowest BCUT2D eigenvalue weighted by molar-refractivity contribution is -0.274. The zero-order chi connectivity index (χ0) is 27.9. The van der Waals surface area contributed by atoms with Crippen LogP contribution < -0.4 is 20.1 Å². The van der Waals surface area contributed by atoms with Crippen molar-refractivity contribution in [2.24, 2.45) is 5.92 Å². The van der Waals surface area contributed by atoms with Crippen molar-refractivity contribution in [3.63, 3.8) is 0 Å². The molecule has 1 saturated heterocycles. The van der Waals surface area contributed by atoms with Gasteiger partial charge in [-0.25, -0.2) is 14.7 Å². The molecule has 2 aromatic heterocycles. The number of halogens is 3. The number of nitrogens with one attached hydrogen (secondary N) is 1. The molecule has 1 fully saturated rings. The normalized spacial score (nSPS) is 17.3. The Morgan fingerprint density at radius 3 is 2.47 bits per heavy atom. The van der Waals surface area contributed by atoms with Gasteiger partial charge in [-0.2, -0.15) is 8.42 Å². The maximum absolute atomic E-state index is 13.3. The predicted molar refractivity (Wildman–Crippen MR) is 135 cm³/mol. The van der Waals surface area contributed by atoms with Gasteiger partial charge in [0.05, 0.1) is 11.3 Å². The minimum absolute atomic E-state index is 0.0221. The van der Waals surface area contributed by atoms with E-state index in [9.17, 15) is 26.4 Å². The number of nitrogens with two attached hydrogens (primary N) is 1. The number of nitrogen functional groups attached to an aromatic ring is 1. The van der Waals surface area contributed by atoms with Crippen LogP contribution in [0.3, 0.4) is 0 Å².